The van der Waals surface area contributed by atoms with E-state index < -0.39 is 12.2 Å². The Morgan fingerprint density at radius 2 is 2.00 bits per heavy atom. The molecule has 1 aromatic rings. The second-order valence-electron chi connectivity index (χ2n) is 3.59. The van der Waals surface area contributed by atoms with Crippen LogP contribution in [0.1, 0.15) is 29.5 Å². The third kappa shape index (κ3) is 3.40. The van der Waals surface area contributed by atoms with Crippen molar-refractivity contribution in [3.8, 4) is 0 Å². The van der Waals surface area contributed by atoms with Gasteiger partial charge >= 0.3 is 0 Å². The Hall–Kier alpha value is -0.380. The molecule has 0 spiro atoms. The molecular weight excluding hydrogens is 196 g/mol. The number of aliphatic hydroxyl groups excluding tert-OH is 2. The van der Waals surface area contributed by atoms with Crippen LogP contribution in [0.2, 0.25) is 0 Å². The smallest absolute Gasteiger partial charge is 0.0802 e. The van der Waals surface area contributed by atoms with Gasteiger partial charge in [0, 0.05) is 9.75 Å². The van der Waals surface area contributed by atoms with Crippen molar-refractivity contribution in [1.82, 2.24) is 0 Å². The summed E-state index contributed by atoms with van der Waals surface area (Å²) in [5.41, 5.74) is 0. The molecule has 0 amide bonds. The van der Waals surface area contributed by atoms with Crippen LogP contribution in [0.3, 0.4) is 0 Å². The highest BCUT2D eigenvalue weighted by Gasteiger charge is 2.13. The number of thiophene rings is 1. The van der Waals surface area contributed by atoms with Crippen LogP contribution in [0.5, 0.6) is 0 Å². The standard InChI is InChI=1S/C11H18O2S/c1-3-10(12)11(13)7-6-9-5-4-8(2)14-9/h4-5,10-13H,3,6-7H2,1-2H3. The van der Waals surface area contributed by atoms with E-state index in [4.69, 9.17) is 0 Å². The van der Waals surface area contributed by atoms with E-state index in [1.54, 1.807) is 11.3 Å². The van der Waals surface area contributed by atoms with Gasteiger partial charge in [-0.1, -0.05) is 6.92 Å². The normalized spacial score (nSPS) is 15.4. The van der Waals surface area contributed by atoms with E-state index in [0.29, 0.717) is 12.8 Å². The second-order valence-corrected chi connectivity index (χ2v) is 4.97. The van der Waals surface area contributed by atoms with Gasteiger partial charge in [0.05, 0.1) is 12.2 Å². The first-order chi connectivity index (χ1) is 6.63. The van der Waals surface area contributed by atoms with E-state index in [1.165, 1.54) is 9.75 Å². The number of hydrogen-bond donors (Lipinski definition) is 2. The van der Waals surface area contributed by atoms with Crippen molar-refractivity contribution in [2.45, 2.75) is 45.3 Å². The summed E-state index contributed by atoms with van der Waals surface area (Å²) < 4.78 is 0. The average Bonchev–Trinajstić information content (AvgIpc) is 2.59. The summed E-state index contributed by atoms with van der Waals surface area (Å²) in [5.74, 6) is 0. The van der Waals surface area contributed by atoms with Crippen LogP contribution in [0.4, 0.5) is 0 Å². The number of rotatable bonds is 5. The Morgan fingerprint density at radius 1 is 1.29 bits per heavy atom. The fourth-order valence-electron chi connectivity index (χ4n) is 1.37. The molecule has 1 heterocycles. The van der Waals surface area contributed by atoms with Gasteiger partial charge in [0.15, 0.2) is 0 Å². The van der Waals surface area contributed by atoms with Crippen LogP contribution < -0.4 is 0 Å². The summed E-state index contributed by atoms with van der Waals surface area (Å²) in [6, 6.07) is 4.17. The number of aryl methyl sites for hydroxylation is 2. The molecular formula is C11H18O2S. The number of aliphatic hydroxyl groups is 2. The van der Waals surface area contributed by atoms with Crippen molar-refractivity contribution in [2.75, 3.05) is 0 Å². The van der Waals surface area contributed by atoms with Crippen LogP contribution in [0.25, 0.3) is 0 Å². The molecule has 2 N–H and O–H groups in total. The second kappa shape index (κ2) is 5.49. The van der Waals surface area contributed by atoms with Crippen molar-refractivity contribution in [3.63, 3.8) is 0 Å². The van der Waals surface area contributed by atoms with E-state index in [0.717, 1.165) is 6.42 Å². The zero-order valence-corrected chi connectivity index (χ0v) is 9.55. The van der Waals surface area contributed by atoms with E-state index in [1.807, 2.05) is 6.92 Å². The minimum atomic E-state index is -0.581. The lowest BCUT2D eigenvalue weighted by Gasteiger charge is -2.15. The summed E-state index contributed by atoms with van der Waals surface area (Å²) in [7, 11) is 0. The molecule has 0 fully saturated rings. The molecule has 2 unspecified atom stereocenters. The van der Waals surface area contributed by atoms with Gasteiger partial charge in [0.2, 0.25) is 0 Å². The Morgan fingerprint density at radius 3 is 2.50 bits per heavy atom. The van der Waals surface area contributed by atoms with Crippen molar-refractivity contribution in [2.24, 2.45) is 0 Å². The quantitative estimate of drug-likeness (QED) is 0.788. The first kappa shape index (κ1) is 11.7. The molecule has 3 heteroatoms. The van der Waals surface area contributed by atoms with Gasteiger partial charge in [-0.2, -0.15) is 0 Å². The minimum absolute atomic E-state index is 0.573. The molecule has 0 radical (unpaired) electrons. The zero-order valence-electron chi connectivity index (χ0n) is 8.73. The maximum absolute atomic E-state index is 9.54. The molecule has 0 aliphatic carbocycles. The summed E-state index contributed by atoms with van der Waals surface area (Å²) >= 11 is 1.76. The van der Waals surface area contributed by atoms with Crippen LogP contribution >= 0.6 is 11.3 Å². The highest BCUT2D eigenvalue weighted by molar-refractivity contribution is 7.11. The van der Waals surface area contributed by atoms with Crippen molar-refractivity contribution in [3.05, 3.63) is 21.9 Å². The van der Waals surface area contributed by atoms with E-state index >= 15 is 0 Å². The highest BCUT2D eigenvalue weighted by atomic mass is 32.1. The molecule has 0 saturated carbocycles. The minimum Gasteiger partial charge on any atom is -0.390 e. The SMILES string of the molecule is CCC(O)C(O)CCc1ccc(C)s1. The molecule has 0 aliphatic heterocycles. The summed E-state index contributed by atoms with van der Waals surface area (Å²) in [6.45, 7) is 3.95. The van der Waals surface area contributed by atoms with E-state index in [-0.39, 0.29) is 0 Å². The van der Waals surface area contributed by atoms with Crippen LogP contribution in [0.15, 0.2) is 12.1 Å². The Balaban J connectivity index is 2.33. The summed E-state index contributed by atoms with van der Waals surface area (Å²) in [4.78, 5) is 2.58. The van der Waals surface area contributed by atoms with Gasteiger partial charge in [0.1, 0.15) is 0 Å². The largest absolute Gasteiger partial charge is 0.390 e. The van der Waals surface area contributed by atoms with Crippen LogP contribution in [-0.4, -0.2) is 22.4 Å². The van der Waals surface area contributed by atoms with Crippen molar-refractivity contribution < 1.29 is 10.2 Å². The topological polar surface area (TPSA) is 40.5 Å². The summed E-state index contributed by atoms with van der Waals surface area (Å²) in [5, 5.41) is 18.9. The molecule has 80 valence electrons. The van der Waals surface area contributed by atoms with Crippen LogP contribution in [0, 0.1) is 6.92 Å². The molecule has 14 heavy (non-hydrogen) atoms. The molecule has 2 nitrogen and oxygen atoms in total. The van der Waals surface area contributed by atoms with Gasteiger partial charge in [-0.25, -0.2) is 0 Å². The first-order valence-corrected chi connectivity index (χ1v) is 5.86. The zero-order chi connectivity index (χ0) is 10.6. The summed E-state index contributed by atoms with van der Waals surface area (Å²) in [6.07, 6.45) is 0.967. The third-order valence-corrected chi connectivity index (χ3v) is 3.41. The van der Waals surface area contributed by atoms with Crippen LogP contribution in [-0.2, 0) is 6.42 Å². The van der Waals surface area contributed by atoms with Crippen molar-refractivity contribution >= 4 is 11.3 Å². The van der Waals surface area contributed by atoms with Gasteiger partial charge in [-0.05, 0) is 38.3 Å². The molecule has 0 bridgehead atoms. The fraction of sp³-hybridized carbons (Fsp3) is 0.636. The highest BCUT2D eigenvalue weighted by Crippen LogP contribution is 2.18. The predicted octanol–water partition coefficient (Wildman–Crippen LogP) is 2.12. The third-order valence-electron chi connectivity index (χ3n) is 2.34. The molecule has 1 rings (SSSR count). The van der Waals surface area contributed by atoms with Crippen molar-refractivity contribution in [1.29, 1.82) is 0 Å². The van der Waals surface area contributed by atoms with Gasteiger partial charge < -0.3 is 10.2 Å². The van der Waals surface area contributed by atoms with Gasteiger partial charge in [-0.3, -0.25) is 0 Å². The average molecular weight is 214 g/mol. The number of hydrogen-bond acceptors (Lipinski definition) is 3. The lowest BCUT2D eigenvalue weighted by molar-refractivity contribution is 0.0131. The first-order valence-electron chi connectivity index (χ1n) is 5.05. The Bertz CT molecular complexity index is 270. The molecule has 1 aromatic heterocycles. The van der Waals surface area contributed by atoms with E-state index in [9.17, 15) is 10.2 Å². The fourth-order valence-corrected chi connectivity index (χ4v) is 2.28. The molecule has 0 aromatic carbocycles. The van der Waals surface area contributed by atoms with Gasteiger partial charge in [0.25, 0.3) is 0 Å². The lowest BCUT2D eigenvalue weighted by Crippen LogP contribution is -2.25. The Labute approximate surface area is 89.2 Å². The van der Waals surface area contributed by atoms with E-state index in [2.05, 4.69) is 19.1 Å². The monoisotopic (exact) mass is 214 g/mol. The molecule has 2 atom stereocenters. The maximum atomic E-state index is 9.54. The molecule has 0 saturated heterocycles. The Kier molecular flexibility index (Phi) is 4.58. The predicted molar refractivity (Wildman–Crippen MR) is 59.7 cm³/mol. The van der Waals surface area contributed by atoms with Gasteiger partial charge in [-0.15, -0.1) is 11.3 Å². The lowest BCUT2D eigenvalue weighted by atomic mass is 10.1. The maximum Gasteiger partial charge on any atom is 0.0802 e. The molecule has 0 aliphatic rings.